The second kappa shape index (κ2) is 3.85. The third-order valence-corrected chi connectivity index (χ3v) is 1.45. The van der Waals surface area contributed by atoms with Gasteiger partial charge >= 0.3 is 5.82 Å². The van der Waals surface area contributed by atoms with Crippen LogP contribution in [0.2, 0.25) is 0 Å². The van der Waals surface area contributed by atoms with E-state index in [4.69, 9.17) is 0 Å². The van der Waals surface area contributed by atoms with Gasteiger partial charge in [0.05, 0.1) is 13.2 Å². The van der Waals surface area contributed by atoms with Crippen LogP contribution in [0.3, 0.4) is 0 Å². The first kappa shape index (κ1) is 8.71. The predicted molar refractivity (Wildman–Crippen MR) is 49.5 cm³/mol. The maximum atomic E-state index is 4.27. The fraction of sp³-hybridized carbons (Fsp3) is 0.333. The summed E-state index contributed by atoms with van der Waals surface area (Å²) in [5.41, 5.74) is 0. The Kier molecular flexibility index (Phi) is 2.80. The van der Waals surface area contributed by atoms with Crippen molar-refractivity contribution in [3.05, 3.63) is 24.4 Å². The Morgan fingerprint density at radius 1 is 1.42 bits per heavy atom. The molecule has 0 unspecified atom stereocenters. The minimum absolute atomic E-state index is 0.950. The van der Waals surface area contributed by atoms with Gasteiger partial charge in [-0.15, -0.1) is 0 Å². The highest BCUT2D eigenvalue weighted by Gasteiger charge is 2.00. The minimum atomic E-state index is 0.950. The lowest BCUT2D eigenvalue weighted by Gasteiger charge is -1.97. The van der Waals surface area contributed by atoms with Crippen molar-refractivity contribution >= 4 is 12.2 Å². The van der Waals surface area contributed by atoms with Crippen molar-refractivity contribution in [2.45, 2.75) is 0 Å². The van der Waals surface area contributed by atoms with E-state index in [1.54, 1.807) is 6.34 Å². The summed E-state index contributed by atoms with van der Waals surface area (Å²) in [7, 11) is 5.88. The maximum absolute atomic E-state index is 4.27. The molecule has 1 rings (SSSR count). The van der Waals surface area contributed by atoms with E-state index >= 15 is 0 Å². The quantitative estimate of drug-likeness (QED) is 0.358. The molecule has 0 aliphatic carbocycles. The lowest BCUT2D eigenvalue weighted by Crippen LogP contribution is -2.27. The topological polar surface area (TPSA) is 19.5 Å². The SMILES string of the molecule is CN(C)/C=N/c1cccc[n+]1C. The van der Waals surface area contributed by atoms with E-state index < -0.39 is 0 Å². The van der Waals surface area contributed by atoms with Crippen LogP contribution in [0.4, 0.5) is 5.82 Å². The highest BCUT2D eigenvalue weighted by atomic mass is 15.1. The molecule has 3 nitrogen and oxygen atoms in total. The zero-order valence-corrected chi connectivity index (χ0v) is 7.73. The lowest BCUT2D eigenvalue weighted by molar-refractivity contribution is -0.658. The van der Waals surface area contributed by atoms with Crippen LogP contribution in [0.5, 0.6) is 0 Å². The van der Waals surface area contributed by atoms with Crippen LogP contribution < -0.4 is 4.57 Å². The monoisotopic (exact) mass is 164 g/mol. The average Bonchev–Trinajstić information content (AvgIpc) is 2.03. The van der Waals surface area contributed by atoms with Crippen LogP contribution in [0.15, 0.2) is 29.4 Å². The Bertz CT molecular complexity index is 279. The molecule has 0 amide bonds. The molecule has 0 saturated carbocycles. The molecule has 3 heteroatoms. The fourth-order valence-corrected chi connectivity index (χ4v) is 0.823. The number of aryl methyl sites for hydroxylation is 1. The molecule has 1 aromatic heterocycles. The predicted octanol–water partition coefficient (Wildman–Crippen LogP) is 0.732. The molecule has 1 aromatic rings. The lowest BCUT2D eigenvalue weighted by atomic mass is 10.4. The molecule has 12 heavy (non-hydrogen) atoms. The molecule has 64 valence electrons. The van der Waals surface area contributed by atoms with Gasteiger partial charge in [0, 0.05) is 20.2 Å². The number of pyridine rings is 1. The molecule has 0 bridgehead atoms. The van der Waals surface area contributed by atoms with Crippen molar-refractivity contribution in [1.29, 1.82) is 0 Å². The van der Waals surface area contributed by atoms with Gasteiger partial charge < -0.3 is 4.90 Å². The summed E-state index contributed by atoms with van der Waals surface area (Å²) in [6.07, 6.45) is 3.76. The second-order valence-electron chi connectivity index (χ2n) is 2.88. The molecule has 0 saturated heterocycles. The van der Waals surface area contributed by atoms with E-state index in [0.717, 1.165) is 5.82 Å². The number of rotatable bonds is 2. The van der Waals surface area contributed by atoms with Crippen molar-refractivity contribution in [1.82, 2.24) is 4.90 Å². The highest BCUT2D eigenvalue weighted by molar-refractivity contribution is 5.57. The molecule has 0 aliphatic heterocycles. The Labute approximate surface area is 73.0 Å². The van der Waals surface area contributed by atoms with Gasteiger partial charge in [-0.3, -0.25) is 0 Å². The normalized spacial score (nSPS) is 10.6. The van der Waals surface area contributed by atoms with Gasteiger partial charge in [-0.2, -0.15) is 0 Å². The van der Waals surface area contributed by atoms with Crippen molar-refractivity contribution in [3.63, 3.8) is 0 Å². The number of hydrogen-bond donors (Lipinski definition) is 0. The molecular weight excluding hydrogens is 150 g/mol. The summed E-state index contributed by atoms with van der Waals surface area (Å²) >= 11 is 0. The zero-order chi connectivity index (χ0) is 8.97. The maximum Gasteiger partial charge on any atom is 0.324 e. The van der Waals surface area contributed by atoms with Gasteiger partial charge in [-0.1, -0.05) is 6.07 Å². The second-order valence-corrected chi connectivity index (χ2v) is 2.88. The van der Waals surface area contributed by atoms with E-state index in [9.17, 15) is 0 Å². The Balaban J connectivity index is 2.82. The minimum Gasteiger partial charge on any atom is -0.348 e. The summed E-state index contributed by atoms with van der Waals surface area (Å²) in [4.78, 5) is 6.18. The van der Waals surface area contributed by atoms with Crippen LogP contribution in [0.25, 0.3) is 0 Å². The van der Waals surface area contributed by atoms with Crippen molar-refractivity contribution in [2.24, 2.45) is 12.0 Å². The molecule has 0 atom stereocenters. The molecule has 0 fully saturated rings. The largest absolute Gasteiger partial charge is 0.348 e. The average molecular weight is 164 g/mol. The van der Waals surface area contributed by atoms with Gasteiger partial charge in [0.15, 0.2) is 0 Å². The molecule has 0 N–H and O–H groups in total. The molecule has 0 aliphatic rings. The van der Waals surface area contributed by atoms with Crippen LogP contribution in [-0.4, -0.2) is 25.3 Å². The van der Waals surface area contributed by atoms with E-state index in [2.05, 4.69) is 4.99 Å². The first-order valence-electron chi connectivity index (χ1n) is 3.85. The fourth-order valence-electron chi connectivity index (χ4n) is 0.823. The molecule has 1 heterocycles. The molecule has 0 aromatic carbocycles. The summed E-state index contributed by atoms with van der Waals surface area (Å²) in [6, 6.07) is 5.93. The van der Waals surface area contributed by atoms with E-state index in [0.29, 0.717) is 0 Å². The van der Waals surface area contributed by atoms with E-state index in [1.807, 2.05) is 55.0 Å². The van der Waals surface area contributed by atoms with Crippen molar-refractivity contribution in [3.8, 4) is 0 Å². The highest BCUT2D eigenvalue weighted by Crippen LogP contribution is 2.00. The van der Waals surface area contributed by atoms with Crippen LogP contribution in [-0.2, 0) is 7.05 Å². The van der Waals surface area contributed by atoms with Gasteiger partial charge in [-0.05, 0) is 11.1 Å². The van der Waals surface area contributed by atoms with Gasteiger partial charge in [0.2, 0.25) is 6.34 Å². The Morgan fingerprint density at radius 2 is 2.17 bits per heavy atom. The third kappa shape index (κ3) is 2.34. The molecule has 0 spiro atoms. The smallest absolute Gasteiger partial charge is 0.324 e. The van der Waals surface area contributed by atoms with Crippen molar-refractivity contribution in [2.75, 3.05) is 14.1 Å². The van der Waals surface area contributed by atoms with E-state index in [1.165, 1.54) is 0 Å². The van der Waals surface area contributed by atoms with Crippen LogP contribution >= 0.6 is 0 Å². The molecule has 0 radical (unpaired) electrons. The number of nitrogens with zero attached hydrogens (tertiary/aromatic N) is 3. The standard InChI is InChI=1S/C9H14N3/c1-11(2)8-10-9-6-4-5-7-12(9)3/h4-8H,1-3H3/q+1. The van der Waals surface area contributed by atoms with Gasteiger partial charge in [-0.25, -0.2) is 4.57 Å². The van der Waals surface area contributed by atoms with Crippen molar-refractivity contribution < 1.29 is 4.57 Å². The summed E-state index contributed by atoms with van der Waals surface area (Å²) in [5, 5.41) is 0. The summed E-state index contributed by atoms with van der Waals surface area (Å²) in [6.45, 7) is 0. The molecular formula is C9H14N3+. The summed E-state index contributed by atoms with van der Waals surface area (Å²) < 4.78 is 1.97. The van der Waals surface area contributed by atoms with Gasteiger partial charge in [0.1, 0.15) is 0 Å². The number of aromatic nitrogens is 1. The first-order valence-corrected chi connectivity index (χ1v) is 3.85. The number of hydrogen-bond acceptors (Lipinski definition) is 1. The number of aliphatic imine (C=N–C) groups is 1. The zero-order valence-electron chi connectivity index (χ0n) is 7.73. The van der Waals surface area contributed by atoms with Crippen LogP contribution in [0.1, 0.15) is 0 Å². The first-order chi connectivity index (χ1) is 5.70. The van der Waals surface area contributed by atoms with Gasteiger partial charge in [0.25, 0.3) is 0 Å². The third-order valence-electron chi connectivity index (χ3n) is 1.45. The Hall–Kier alpha value is -1.38. The summed E-state index contributed by atoms with van der Waals surface area (Å²) in [5.74, 6) is 0.950. The Morgan fingerprint density at radius 3 is 2.75 bits per heavy atom. The van der Waals surface area contributed by atoms with E-state index in [-0.39, 0.29) is 0 Å². The van der Waals surface area contributed by atoms with Crippen LogP contribution in [0, 0.1) is 0 Å².